The number of carbonyl (C=O) groups excluding carboxylic acids is 2. The molecule has 3 aliphatic rings. The van der Waals surface area contributed by atoms with Crippen LogP contribution in [-0.4, -0.2) is 34.5 Å². The van der Waals surface area contributed by atoms with E-state index in [-0.39, 0.29) is 47.3 Å². The third-order valence-electron chi connectivity index (χ3n) is 8.76. The Morgan fingerprint density at radius 1 is 1.10 bits per heavy atom. The number of hydrogen-bond donors (Lipinski definition) is 1. The molecule has 6 rings (SSSR count). The minimum Gasteiger partial charge on any atom is -0.505 e. The SMILES string of the molecule is CC(C)C1=C2[C@@H](CC/C(=C/c3ccc(O)c(F)c3)c3ccccc3)OC[C@@H]2[C@@H]2C(=O)N(Cc3cccs3)C(=O)[C@@H]2C1. The number of allylic oxidation sites excluding steroid dienone is 2. The van der Waals surface area contributed by atoms with Crippen LogP contribution in [0, 0.1) is 29.5 Å². The fourth-order valence-corrected chi connectivity index (χ4v) is 7.48. The molecule has 1 aliphatic carbocycles. The van der Waals surface area contributed by atoms with Crippen molar-refractivity contribution >= 4 is 34.8 Å². The van der Waals surface area contributed by atoms with Gasteiger partial charge in [0.2, 0.25) is 11.8 Å². The van der Waals surface area contributed by atoms with Gasteiger partial charge in [-0.05, 0) is 71.0 Å². The number of hydrogen-bond acceptors (Lipinski definition) is 5. The van der Waals surface area contributed by atoms with E-state index in [1.54, 1.807) is 17.4 Å². The number of fused-ring (bicyclic) bond motifs is 3. The number of nitrogens with zero attached hydrogens (tertiary/aromatic N) is 1. The van der Waals surface area contributed by atoms with Crippen molar-refractivity contribution in [2.24, 2.45) is 23.7 Å². The molecule has 2 fully saturated rings. The maximum Gasteiger partial charge on any atom is 0.234 e. The molecule has 3 heterocycles. The summed E-state index contributed by atoms with van der Waals surface area (Å²) in [6, 6.07) is 18.3. The zero-order valence-corrected chi connectivity index (χ0v) is 24.1. The minimum absolute atomic E-state index is 0.0514. The molecule has 0 unspecified atom stereocenters. The van der Waals surface area contributed by atoms with Crippen molar-refractivity contribution in [3.8, 4) is 5.75 Å². The lowest BCUT2D eigenvalue weighted by Crippen LogP contribution is -2.35. The molecule has 2 saturated heterocycles. The first-order valence-corrected chi connectivity index (χ1v) is 15.2. The number of rotatable bonds is 8. The van der Waals surface area contributed by atoms with E-state index < -0.39 is 5.82 Å². The summed E-state index contributed by atoms with van der Waals surface area (Å²) in [5.41, 5.74) is 5.22. The van der Waals surface area contributed by atoms with Crippen LogP contribution in [0.4, 0.5) is 4.39 Å². The fourth-order valence-electron chi connectivity index (χ4n) is 6.79. The van der Waals surface area contributed by atoms with Crippen LogP contribution < -0.4 is 0 Å². The second-order valence-corrected chi connectivity index (χ2v) is 12.6. The first-order chi connectivity index (χ1) is 19.8. The van der Waals surface area contributed by atoms with E-state index >= 15 is 0 Å². The van der Waals surface area contributed by atoms with Crippen LogP contribution in [0.5, 0.6) is 5.75 Å². The van der Waals surface area contributed by atoms with Gasteiger partial charge in [0, 0.05) is 10.8 Å². The fraction of sp³-hybridized carbons (Fsp3) is 0.353. The van der Waals surface area contributed by atoms with Gasteiger partial charge in [-0.25, -0.2) is 4.39 Å². The molecule has 3 aromatic rings. The van der Waals surface area contributed by atoms with E-state index in [9.17, 15) is 19.1 Å². The average Bonchev–Trinajstić information content (AvgIpc) is 3.69. The number of phenols is 1. The molecule has 7 heteroatoms. The molecule has 0 saturated carbocycles. The highest BCUT2D eigenvalue weighted by molar-refractivity contribution is 7.09. The quantitative estimate of drug-likeness (QED) is 0.178. The Morgan fingerprint density at radius 2 is 1.90 bits per heavy atom. The number of aromatic hydroxyl groups is 1. The molecule has 212 valence electrons. The van der Waals surface area contributed by atoms with Gasteiger partial charge in [-0.2, -0.15) is 0 Å². The summed E-state index contributed by atoms with van der Waals surface area (Å²) in [5.74, 6) is -1.67. The molecule has 0 spiro atoms. The molecule has 0 bridgehead atoms. The van der Waals surface area contributed by atoms with Crippen molar-refractivity contribution in [1.82, 2.24) is 4.90 Å². The largest absolute Gasteiger partial charge is 0.505 e. The number of thiophene rings is 1. The molecule has 41 heavy (non-hydrogen) atoms. The molecule has 1 N–H and O–H groups in total. The number of phenolic OH excluding ortho intramolecular Hbond substituents is 1. The minimum atomic E-state index is -0.652. The Bertz CT molecular complexity index is 1510. The first-order valence-electron chi connectivity index (χ1n) is 14.3. The topological polar surface area (TPSA) is 66.8 Å². The molecule has 0 radical (unpaired) electrons. The molecule has 5 nitrogen and oxygen atoms in total. The normalized spacial score (nSPS) is 24.4. The highest BCUT2D eigenvalue weighted by Gasteiger charge is 2.57. The Morgan fingerprint density at radius 3 is 2.61 bits per heavy atom. The third-order valence-corrected chi connectivity index (χ3v) is 9.62. The highest BCUT2D eigenvalue weighted by Crippen LogP contribution is 2.51. The number of amides is 2. The Balaban J connectivity index is 1.27. The van der Waals surface area contributed by atoms with Crippen LogP contribution in [0.3, 0.4) is 0 Å². The number of ether oxygens (including phenoxy) is 1. The maximum absolute atomic E-state index is 14.1. The summed E-state index contributed by atoms with van der Waals surface area (Å²) in [6.07, 6.45) is 3.82. The number of likely N-dealkylation sites (tertiary alicyclic amines) is 1. The first kappa shape index (κ1) is 27.6. The number of carbonyl (C=O) groups is 2. The summed E-state index contributed by atoms with van der Waals surface area (Å²) < 4.78 is 20.5. The monoisotopic (exact) mass is 571 g/mol. The van der Waals surface area contributed by atoms with E-state index in [0.29, 0.717) is 38.0 Å². The van der Waals surface area contributed by atoms with Gasteiger partial charge in [0.05, 0.1) is 31.1 Å². The van der Waals surface area contributed by atoms with Gasteiger partial charge in [-0.3, -0.25) is 14.5 Å². The molecule has 2 amide bonds. The number of imide groups is 1. The second-order valence-electron chi connectivity index (χ2n) is 11.5. The van der Waals surface area contributed by atoms with Crippen LogP contribution in [0.1, 0.15) is 49.1 Å². The van der Waals surface area contributed by atoms with Crippen LogP contribution in [0.2, 0.25) is 0 Å². The van der Waals surface area contributed by atoms with Gasteiger partial charge < -0.3 is 9.84 Å². The summed E-state index contributed by atoms with van der Waals surface area (Å²) in [4.78, 5) is 29.7. The number of halogens is 1. The summed E-state index contributed by atoms with van der Waals surface area (Å²) in [5, 5.41) is 11.6. The predicted octanol–water partition coefficient (Wildman–Crippen LogP) is 7.09. The molecule has 2 aliphatic heterocycles. The lowest BCUT2D eigenvalue weighted by atomic mass is 9.67. The molecule has 4 atom stereocenters. The van der Waals surface area contributed by atoms with E-state index in [0.717, 1.165) is 16.0 Å². The predicted molar refractivity (Wildman–Crippen MR) is 158 cm³/mol. The van der Waals surface area contributed by atoms with Crippen molar-refractivity contribution < 1.29 is 23.8 Å². The van der Waals surface area contributed by atoms with Gasteiger partial charge in [-0.1, -0.05) is 68.0 Å². The van der Waals surface area contributed by atoms with Crippen molar-refractivity contribution in [1.29, 1.82) is 0 Å². The van der Waals surface area contributed by atoms with Gasteiger partial charge in [0.25, 0.3) is 0 Å². The molecule has 2 aromatic carbocycles. The molecule has 1 aromatic heterocycles. The standard InChI is InChI=1S/C34H34FNO4S/c1-20(2)25-17-26-32(34(39)36(33(26)38)18-24-9-6-14-41-24)27-19-40-30(31(25)27)13-11-23(22-7-4-3-5-8-22)15-21-10-12-29(37)28(35)16-21/h3-10,12,14-16,20,26-27,30,32,37H,11,13,17-19H2,1-2H3/b23-15-/t26-,27+,30-,32-/m1/s1. The summed E-state index contributed by atoms with van der Waals surface area (Å²) >= 11 is 1.56. The van der Waals surface area contributed by atoms with E-state index in [4.69, 9.17) is 4.74 Å². The van der Waals surface area contributed by atoms with E-state index in [1.165, 1.54) is 28.2 Å². The molecular weight excluding hydrogens is 537 g/mol. The van der Waals surface area contributed by atoms with Crippen LogP contribution in [0.15, 0.2) is 77.2 Å². The van der Waals surface area contributed by atoms with Crippen molar-refractivity contribution in [3.63, 3.8) is 0 Å². The van der Waals surface area contributed by atoms with Crippen molar-refractivity contribution in [3.05, 3.63) is 99.0 Å². The van der Waals surface area contributed by atoms with E-state index in [1.807, 2.05) is 53.9 Å². The lowest BCUT2D eigenvalue weighted by Gasteiger charge is -2.33. The van der Waals surface area contributed by atoms with Gasteiger partial charge in [0.15, 0.2) is 11.6 Å². The van der Waals surface area contributed by atoms with Crippen molar-refractivity contribution in [2.75, 3.05) is 6.61 Å². The lowest BCUT2D eigenvalue weighted by molar-refractivity contribution is -0.140. The Hall–Kier alpha value is -3.55. The van der Waals surface area contributed by atoms with Gasteiger partial charge >= 0.3 is 0 Å². The zero-order chi connectivity index (χ0) is 28.7. The van der Waals surface area contributed by atoms with Gasteiger partial charge in [-0.15, -0.1) is 11.3 Å². The van der Waals surface area contributed by atoms with Crippen LogP contribution in [-0.2, 0) is 20.9 Å². The Labute approximate surface area is 244 Å². The van der Waals surface area contributed by atoms with E-state index in [2.05, 4.69) is 13.8 Å². The molecular formula is C34H34FNO4S. The van der Waals surface area contributed by atoms with Crippen molar-refractivity contribution in [2.45, 2.75) is 45.8 Å². The summed E-state index contributed by atoms with van der Waals surface area (Å²) in [6.45, 7) is 5.11. The second kappa shape index (κ2) is 11.4. The highest BCUT2D eigenvalue weighted by atomic mass is 32.1. The summed E-state index contributed by atoms with van der Waals surface area (Å²) in [7, 11) is 0. The third kappa shape index (κ3) is 5.29. The van der Waals surface area contributed by atoms with Crippen LogP contribution >= 0.6 is 11.3 Å². The zero-order valence-electron chi connectivity index (χ0n) is 23.3. The number of benzene rings is 2. The average molecular weight is 572 g/mol. The maximum atomic E-state index is 14.1. The smallest absolute Gasteiger partial charge is 0.234 e. The van der Waals surface area contributed by atoms with Gasteiger partial charge in [0.1, 0.15) is 0 Å². The Kier molecular flexibility index (Phi) is 7.66. The van der Waals surface area contributed by atoms with Crippen LogP contribution in [0.25, 0.3) is 11.6 Å².